The molecule has 0 saturated carbocycles. The Labute approximate surface area is 176 Å². The molecule has 1 N–H and O–H groups in total. The molecule has 3 rings (SSSR count). The summed E-state index contributed by atoms with van der Waals surface area (Å²) in [5.74, 6) is -1.41. The largest absolute Gasteiger partial charge is 0.507 e. The minimum absolute atomic E-state index is 0.117. The maximum Gasteiger partial charge on any atom is 0.295 e. The highest BCUT2D eigenvalue weighted by molar-refractivity contribution is 6.46. The molecule has 5 nitrogen and oxygen atoms in total. The number of Topliss-reactive ketones (excluding diaryl/α,β-unsaturated/α-hetero) is 1. The molecule has 152 valence electrons. The number of ketones is 1. The van der Waals surface area contributed by atoms with Crippen molar-refractivity contribution in [2.75, 3.05) is 25.5 Å². The number of unbranched alkanes of at least 4 members (excludes halogenated alkanes) is 1. The first kappa shape index (κ1) is 20.9. The third-order valence-electron chi connectivity index (χ3n) is 5.14. The summed E-state index contributed by atoms with van der Waals surface area (Å²) in [6.07, 6.45) is 1.67. The third-order valence-corrected chi connectivity index (χ3v) is 5.39. The second-order valence-corrected chi connectivity index (χ2v) is 7.78. The summed E-state index contributed by atoms with van der Waals surface area (Å²) in [6, 6.07) is 13.6. The van der Waals surface area contributed by atoms with Crippen molar-refractivity contribution in [3.8, 4) is 0 Å². The lowest BCUT2D eigenvalue weighted by molar-refractivity contribution is -0.139. The lowest BCUT2D eigenvalue weighted by Crippen LogP contribution is -2.30. The Morgan fingerprint density at radius 3 is 2.24 bits per heavy atom. The van der Waals surface area contributed by atoms with Crippen molar-refractivity contribution in [1.29, 1.82) is 0 Å². The van der Waals surface area contributed by atoms with Crippen LogP contribution in [-0.2, 0) is 9.59 Å². The summed E-state index contributed by atoms with van der Waals surface area (Å²) in [5.41, 5.74) is 2.38. The number of rotatable bonds is 6. The second-order valence-electron chi connectivity index (χ2n) is 7.34. The van der Waals surface area contributed by atoms with E-state index in [2.05, 4.69) is 0 Å². The highest BCUT2D eigenvalue weighted by atomic mass is 35.5. The van der Waals surface area contributed by atoms with Crippen molar-refractivity contribution in [1.82, 2.24) is 4.90 Å². The van der Waals surface area contributed by atoms with Gasteiger partial charge in [-0.1, -0.05) is 37.1 Å². The number of anilines is 1. The van der Waals surface area contributed by atoms with Crippen molar-refractivity contribution in [3.63, 3.8) is 0 Å². The Bertz CT molecular complexity index is 934. The van der Waals surface area contributed by atoms with Gasteiger partial charge in [-0.25, -0.2) is 0 Å². The molecule has 0 spiro atoms. The van der Waals surface area contributed by atoms with Gasteiger partial charge in [0.15, 0.2) is 0 Å². The number of hydrogen-bond donors (Lipinski definition) is 1. The average Bonchev–Trinajstić information content (AvgIpc) is 2.97. The number of halogens is 1. The van der Waals surface area contributed by atoms with Crippen molar-refractivity contribution in [2.24, 2.45) is 0 Å². The molecule has 1 fully saturated rings. The van der Waals surface area contributed by atoms with E-state index in [4.69, 9.17) is 11.6 Å². The van der Waals surface area contributed by atoms with Crippen molar-refractivity contribution < 1.29 is 14.7 Å². The van der Waals surface area contributed by atoms with E-state index in [0.29, 0.717) is 17.1 Å². The molecule has 0 aromatic heterocycles. The van der Waals surface area contributed by atoms with Gasteiger partial charge in [0, 0.05) is 36.9 Å². The van der Waals surface area contributed by atoms with Crippen LogP contribution in [0.5, 0.6) is 0 Å². The van der Waals surface area contributed by atoms with Gasteiger partial charge in [-0.15, -0.1) is 0 Å². The fourth-order valence-corrected chi connectivity index (χ4v) is 3.63. The van der Waals surface area contributed by atoms with Crippen LogP contribution in [0.15, 0.2) is 54.1 Å². The van der Waals surface area contributed by atoms with E-state index < -0.39 is 17.7 Å². The van der Waals surface area contributed by atoms with Crippen LogP contribution >= 0.6 is 11.6 Å². The smallest absolute Gasteiger partial charge is 0.295 e. The Morgan fingerprint density at radius 2 is 1.69 bits per heavy atom. The number of likely N-dealkylation sites (tertiary alicyclic amines) is 1. The third kappa shape index (κ3) is 4.15. The lowest BCUT2D eigenvalue weighted by Gasteiger charge is -2.25. The summed E-state index contributed by atoms with van der Waals surface area (Å²) in [4.78, 5) is 29.2. The minimum atomic E-state index is -0.657. The standard InChI is InChI=1S/C23H25ClN2O3/c1-4-5-14-26-20(15-8-12-18(13-9-15)25(2)3)19(22(28)23(26)29)21(27)16-6-10-17(24)11-7-16/h6-13,20,27H,4-5,14H2,1-3H3/t20-/m0/s1. The van der Waals surface area contributed by atoms with Crippen molar-refractivity contribution in [3.05, 3.63) is 70.3 Å². The minimum Gasteiger partial charge on any atom is -0.507 e. The van der Waals surface area contributed by atoms with Crippen LogP contribution in [0.3, 0.4) is 0 Å². The summed E-state index contributed by atoms with van der Waals surface area (Å²) < 4.78 is 0. The van der Waals surface area contributed by atoms with Gasteiger partial charge in [-0.05, 0) is 48.4 Å². The maximum atomic E-state index is 12.9. The number of nitrogens with zero attached hydrogens (tertiary/aromatic N) is 2. The molecule has 2 aromatic carbocycles. The molecule has 1 atom stereocenters. The van der Waals surface area contributed by atoms with Gasteiger partial charge < -0.3 is 14.9 Å². The Morgan fingerprint density at radius 1 is 1.07 bits per heavy atom. The van der Waals surface area contributed by atoms with E-state index in [9.17, 15) is 14.7 Å². The zero-order chi connectivity index (χ0) is 21.1. The zero-order valence-corrected chi connectivity index (χ0v) is 17.6. The van der Waals surface area contributed by atoms with E-state index in [1.54, 1.807) is 29.2 Å². The number of carbonyl (C=O) groups is 2. The first-order valence-corrected chi connectivity index (χ1v) is 10.0. The fourth-order valence-electron chi connectivity index (χ4n) is 3.50. The van der Waals surface area contributed by atoms with Gasteiger partial charge in [0.1, 0.15) is 5.76 Å². The van der Waals surface area contributed by atoms with Crippen LogP contribution in [0.25, 0.3) is 5.76 Å². The van der Waals surface area contributed by atoms with Crippen LogP contribution in [-0.4, -0.2) is 42.3 Å². The van der Waals surface area contributed by atoms with Crippen LogP contribution in [0.2, 0.25) is 5.02 Å². The molecule has 1 amide bonds. The second kappa shape index (κ2) is 8.70. The molecule has 0 bridgehead atoms. The van der Waals surface area contributed by atoms with Gasteiger partial charge in [0.05, 0.1) is 11.6 Å². The number of carbonyl (C=O) groups excluding carboxylic acids is 2. The quantitative estimate of drug-likeness (QED) is 0.427. The molecule has 0 radical (unpaired) electrons. The maximum absolute atomic E-state index is 12.9. The number of hydrogen-bond acceptors (Lipinski definition) is 4. The Balaban J connectivity index is 2.13. The predicted octanol–water partition coefficient (Wildman–Crippen LogP) is 4.63. The number of aliphatic hydroxyl groups excluding tert-OH is 1. The zero-order valence-electron chi connectivity index (χ0n) is 16.9. The highest BCUT2D eigenvalue weighted by Crippen LogP contribution is 2.40. The van der Waals surface area contributed by atoms with E-state index in [0.717, 1.165) is 24.1 Å². The fraction of sp³-hybridized carbons (Fsp3) is 0.304. The summed E-state index contributed by atoms with van der Waals surface area (Å²) >= 11 is 5.94. The van der Waals surface area contributed by atoms with E-state index in [1.165, 1.54) is 0 Å². The first-order valence-electron chi connectivity index (χ1n) is 9.66. The Kier molecular flexibility index (Phi) is 6.28. The molecule has 1 heterocycles. The highest BCUT2D eigenvalue weighted by Gasteiger charge is 2.45. The lowest BCUT2D eigenvalue weighted by atomic mass is 9.95. The van der Waals surface area contributed by atoms with Crippen LogP contribution < -0.4 is 4.90 Å². The van der Waals surface area contributed by atoms with Gasteiger partial charge in [-0.3, -0.25) is 9.59 Å². The van der Waals surface area contributed by atoms with E-state index in [1.807, 2.05) is 50.2 Å². The van der Waals surface area contributed by atoms with Gasteiger partial charge in [0.2, 0.25) is 0 Å². The number of aliphatic hydroxyl groups is 1. The summed E-state index contributed by atoms with van der Waals surface area (Å²) in [5, 5.41) is 11.5. The summed E-state index contributed by atoms with van der Waals surface area (Å²) in [6.45, 7) is 2.49. The monoisotopic (exact) mass is 412 g/mol. The normalized spacial score (nSPS) is 18.3. The molecule has 0 unspecified atom stereocenters. The van der Waals surface area contributed by atoms with Gasteiger partial charge >= 0.3 is 0 Å². The molecular weight excluding hydrogens is 388 g/mol. The molecule has 0 aliphatic carbocycles. The molecule has 6 heteroatoms. The molecule has 1 aliphatic rings. The first-order chi connectivity index (χ1) is 13.8. The molecular formula is C23H25ClN2O3. The van der Waals surface area contributed by atoms with Gasteiger partial charge in [-0.2, -0.15) is 0 Å². The summed E-state index contributed by atoms with van der Waals surface area (Å²) in [7, 11) is 3.89. The van der Waals surface area contributed by atoms with Crippen molar-refractivity contribution in [2.45, 2.75) is 25.8 Å². The SMILES string of the molecule is CCCCN1C(=O)C(=O)C(=C(O)c2ccc(Cl)cc2)[C@@H]1c1ccc(N(C)C)cc1. The predicted molar refractivity (Wildman–Crippen MR) is 116 cm³/mol. The number of amides is 1. The van der Waals surface area contributed by atoms with Gasteiger partial charge in [0.25, 0.3) is 11.7 Å². The molecule has 1 aliphatic heterocycles. The average molecular weight is 413 g/mol. The molecule has 2 aromatic rings. The topological polar surface area (TPSA) is 60.9 Å². The molecule has 29 heavy (non-hydrogen) atoms. The molecule has 1 saturated heterocycles. The Hall–Kier alpha value is -2.79. The van der Waals surface area contributed by atoms with Crippen molar-refractivity contribution >= 4 is 34.7 Å². The van der Waals surface area contributed by atoms with E-state index >= 15 is 0 Å². The van der Waals surface area contributed by atoms with Crippen LogP contribution in [0.1, 0.15) is 36.9 Å². The van der Waals surface area contributed by atoms with E-state index in [-0.39, 0.29) is 11.3 Å². The van der Waals surface area contributed by atoms with Crippen LogP contribution in [0, 0.1) is 0 Å². The van der Waals surface area contributed by atoms with Crippen LogP contribution in [0.4, 0.5) is 5.69 Å². The number of benzene rings is 2.